The third kappa shape index (κ3) is 1.92. The van der Waals surface area contributed by atoms with Crippen LogP contribution in [0.15, 0.2) is 18.2 Å². The highest BCUT2D eigenvalue weighted by Gasteiger charge is 2.24. The van der Waals surface area contributed by atoms with Gasteiger partial charge in [0.15, 0.2) is 11.5 Å². The Morgan fingerprint density at radius 1 is 1.29 bits per heavy atom. The summed E-state index contributed by atoms with van der Waals surface area (Å²) in [5.74, 6) is 1.64. The third-order valence-corrected chi connectivity index (χ3v) is 2.27. The molecule has 0 aromatic heterocycles. The van der Waals surface area contributed by atoms with Gasteiger partial charge >= 0.3 is 0 Å². The Balaban J connectivity index is 2.19. The first-order valence-electron chi connectivity index (χ1n) is 4.86. The zero-order chi connectivity index (χ0) is 9.97. The maximum absolute atomic E-state index is 5.69. The number of anilines is 1. The van der Waals surface area contributed by atoms with E-state index in [9.17, 15) is 0 Å². The van der Waals surface area contributed by atoms with E-state index in [4.69, 9.17) is 9.47 Å². The highest BCUT2D eigenvalue weighted by atomic mass is 16.5. The predicted octanol–water partition coefficient (Wildman–Crippen LogP) is 2.28. The minimum absolute atomic E-state index is 0.407. The van der Waals surface area contributed by atoms with Crippen LogP contribution in [0, 0.1) is 0 Å². The molecule has 0 amide bonds. The molecule has 0 unspecified atom stereocenters. The second kappa shape index (κ2) is 3.78. The summed E-state index contributed by atoms with van der Waals surface area (Å²) in [5, 5.41) is 3.06. The molecule has 0 spiro atoms. The zero-order valence-electron chi connectivity index (χ0n) is 8.54. The molecule has 1 fully saturated rings. The minimum Gasteiger partial charge on any atom is -0.493 e. The van der Waals surface area contributed by atoms with Crippen LogP contribution in [0.3, 0.4) is 0 Å². The molecule has 14 heavy (non-hydrogen) atoms. The maximum atomic E-state index is 5.69. The van der Waals surface area contributed by atoms with E-state index >= 15 is 0 Å². The van der Waals surface area contributed by atoms with Gasteiger partial charge in [-0.15, -0.1) is 0 Å². The molecular weight excluding hydrogens is 178 g/mol. The second-order valence-corrected chi connectivity index (χ2v) is 3.43. The van der Waals surface area contributed by atoms with Crippen LogP contribution in [0.4, 0.5) is 5.69 Å². The van der Waals surface area contributed by atoms with E-state index in [-0.39, 0.29) is 0 Å². The zero-order valence-corrected chi connectivity index (χ0v) is 8.54. The van der Waals surface area contributed by atoms with Crippen molar-refractivity contribution in [2.75, 3.05) is 19.5 Å². The van der Waals surface area contributed by atoms with Crippen molar-refractivity contribution in [3.05, 3.63) is 18.2 Å². The molecule has 0 radical (unpaired) electrons. The summed E-state index contributed by atoms with van der Waals surface area (Å²) < 4.78 is 10.9. The van der Waals surface area contributed by atoms with Gasteiger partial charge in [0.25, 0.3) is 0 Å². The highest BCUT2D eigenvalue weighted by Crippen LogP contribution is 2.35. The molecule has 3 heteroatoms. The quantitative estimate of drug-likeness (QED) is 0.795. The lowest BCUT2D eigenvalue weighted by Crippen LogP contribution is -1.99. The SMILES string of the molecule is CNc1ccc(OC2CC2)c(OC)c1. The molecule has 0 bridgehead atoms. The van der Waals surface area contributed by atoms with Crippen molar-refractivity contribution in [3.8, 4) is 11.5 Å². The fourth-order valence-electron chi connectivity index (χ4n) is 1.29. The maximum Gasteiger partial charge on any atom is 0.162 e. The normalized spacial score (nSPS) is 15.0. The number of ether oxygens (including phenoxy) is 2. The van der Waals surface area contributed by atoms with E-state index in [1.165, 1.54) is 0 Å². The van der Waals surface area contributed by atoms with Gasteiger partial charge < -0.3 is 14.8 Å². The molecule has 1 aromatic rings. The molecule has 1 saturated carbocycles. The number of hydrogen-bond donors (Lipinski definition) is 1. The summed E-state index contributed by atoms with van der Waals surface area (Å²) in [6, 6.07) is 5.88. The molecule has 0 saturated heterocycles. The smallest absolute Gasteiger partial charge is 0.162 e. The number of nitrogens with one attached hydrogen (secondary N) is 1. The van der Waals surface area contributed by atoms with E-state index in [1.807, 2.05) is 25.2 Å². The van der Waals surface area contributed by atoms with Gasteiger partial charge in [-0.25, -0.2) is 0 Å². The first-order chi connectivity index (χ1) is 6.83. The molecule has 3 nitrogen and oxygen atoms in total. The van der Waals surface area contributed by atoms with Crippen molar-refractivity contribution in [1.82, 2.24) is 0 Å². The largest absolute Gasteiger partial charge is 0.493 e. The molecule has 1 aromatic carbocycles. The van der Waals surface area contributed by atoms with Crippen LogP contribution in [0.5, 0.6) is 11.5 Å². The van der Waals surface area contributed by atoms with Crippen molar-refractivity contribution >= 4 is 5.69 Å². The molecule has 1 N–H and O–H groups in total. The van der Waals surface area contributed by atoms with Crippen molar-refractivity contribution in [3.63, 3.8) is 0 Å². The standard InChI is InChI=1S/C11H15NO2/c1-12-8-3-6-10(11(7-8)13-2)14-9-4-5-9/h3,6-7,9,12H,4-5H2,1-2H3. The molecule has 1 aliphatic carbocycles. The minimum atomic E-state index is 0.407. The van der Waals surface area contributed by atoms with Crippen LogP contribution in [-0.2, 0) is 0 Å². The van der Waals surface area contributed by atoms with Gasteiger partial charge in [-0.3, -0.25) is 0 Å². The average Bonchev–Trinajstić information content (AvgIpc) is 3.02. The van der Waals surface area contributed by atoms with Crippen LogP contribution in [-0.4, -0.2) is 20.3 Å². The molecule has 2 rings (SSSR count). The Morgan fingerprint density at radius 2 is 2.07 bits per heavy atom. The monoisotopic (exact) mass is 193 g/mol. The van der Waals surface area contributed by atoms with Gasteiger partial charge in [0.2, 0.25) is 0 Å². The lowest BCUT2D eigenvalue weighted by molar-refractivity contribution is 0.282. The van der Waals surface area contributed by atoms with Gasteiger partial charge in [0, 0.05) is 18.8 Å². The summed E-state index contributed by atoms with van der Waals surface area (Å²) in [6.45, 7) is 0. The Labute approximate surface area is 84.0 Å². The Kier molecular flexibility index (Phi) is 2.48. The molecule has 0 aliphatic heterocycles. The van der Waals surface area contributed by atoms with Gasteiger partial charge in [-0.05, 0) is 25.0 Å². The third-order valence-electron chi connectivity index (χ3n) is 2.27. The Morgan fingerprint density at radius 3 is 2.64 bits per heavy atom. The fraction of sp³-hybridized carbons (Fsp3) is 0.455. The predicted molar refractivity (Wildman–Crippen MR) is 56.2 cm³/mol. The van der Waals surface area contributed by atoms with Gasteiger partial charge in [-0.2, -0.15) is 0 Å². The lowest BCUT2D eigenvalue weighted by Gasteiger charge is -2.11. The molecule has 0 atom stereocenters. The summed E-state index contributed by atoms with van der Waals surface area (Å²) >= 11 is 0. The summed E-state index contributed by atoms with van der Waals surface area (Å²) in [5.41, 5.74) is 1.03. The van der Waals surface area contributed by atoms with Crippen LogP contribution in [0.1, 0.15) is 12.8 Å². The van der Waals surface area contributed by atoms with Gasteiger partial charge in [-0.1, -0.05) is 0 Å². The van der Waals surface area contributed by atoms with Crippen LogP contribution < -0.4 is 14.8 Å². The molecule has 0 heterocycles. The van der Waals surface area contributed by atoms with Crippen LogP contribution in [0.25, 0.3) is 0 Å². The lowest BCUT2D eigenvalue weighted by atomic mass is 10.3. The van der Waals surface area contributed by atoms with Crippen molar-refractivity contribution < 1.29 is 9.47 Å². The van der Waals surface area contributed by atoms with Gasteiger partial charge in [0.05, 0.1) is 13.2 Å². The van der Waals surface area contributed by atoms with E-state index < -0.39 is 0 Å². The summed E-state index contributed by atoms with van der Waals surface area (Å²) in [7, 11) is 3.55. The highest BCUT2D eigenvalue weighted by molar-refractivity contribution is 5.54. The fourth-order valence-corrected chi connectivity index (χ4v) is 1.29. The Bertz CT molecular complexity index is 321. The first kappa shape index (κ1) is 9.19. The molecular formula is C11H15NO2. The number of hydrogen-bond acceptors (Lipinski definition) is 3. The Hall–Kier alpha value is -1.38. The van der Waals surface area contributed by atoms with E-state index in [0.29, 0.717) is 6.10 Å². The molecule has 76 valence electrons. The van der Waals surface area contributed by atoms with E-state index in [0.717, 1.165) is 30.0 Å². The summed E-state index contributed by atoms with van der Waals surface area (Å²) in [6.07, 6.45) is 2.73. The van der Waals surface area contributed by atoms with Crippen LogP contribution >= 0.6 is 0 Å². The summed E-state index contributed by atoms with van der Waals surface area (Å²) in [4.78, 5) is 0. The molecule has 1 aliphatic rings. The number of rotatable bonds is 4. The first-order valence-corrected chi connectivity index (χ1v) is 4.86. The van der Waals surface area contributed by atoms with Crippen molar-refractivity contribution in [2.24, 2.45) is 0 Å². The topological polar surface area (TPSA) is 30.5 Å². The van der Waals surface area contributed by atoms with Crippen molar-refractivity contribution in [2.45, 2.75) is 18.9 Å². The van der Waals surface area contributed by atoms with E-state index in [1.54, 1.807) is 7.11 Å². The van der Waals surface area contributed by atoms with E-state index in [2.05, 4.69) is 5.32 Å². The van der Waals surface area contributed by atoms with Gasteiger partial charge in [0.1, 0.15) is 0 Å². The van der Waals surface area contributed by atoms with Crippen molar-refractivity contribution in [1.29, 1.82) is 0 Å². The average molecular weight is 193 g/mol. The number of benzene rings is 1. The van der Waals surface area contributed by atoms with Crippen LogP contribution in [0.2, 0.25) is 0 Å². The number of methoxy groups -OCH3 is 1. The second-order valence-electron chi connectivity index (χ2n) is 3.43.